The minimum atomic E-state index is -2.00. The lowest BCUT2D eigenvalue weighted by Crippen LogP contribution is -2.48. The van der Waals surface area contributed by atoms with Crippen molar-refractivity contribution in [2.75, 3.05) is 18.6 Å². The second kappa shape index (κ2) is 5.77. The molecule has 0 spiro atoms. The van der Waals surface area contributed by atoms with Crippen LogP contribution in [0.15, 0.2) is 24.3 Å². The Bertz CT molecular complexity index is 658. The van der Waals surface area contributed by atoms with Gasteiger partial charge < -0.3 is 9.33 Å². The van der Waals surface area contributed by atoms with Gasteiger partial charge in [0.2, 0.25) is 5.91 Å². The molecule has 1 atom stereocenters. The van der Waals surface area contributed by atoms with Gasteiger partial charge in [0, 0.05) is 12.7 Å². The quantitative estimate of drug-likeness (QED) is 0.788. The smallest absolute Gasteiger partial charge is 0.240 e. The Morgan fingerprint density at radius 2 is 1.91 bits per heavy atom. The highest BCUT2D eigenvalue weighted by Crippen LogP contribution is 2.45. The standard InChI is InChI=1S/C18H26N2O2Si/c1-17(2,3)23(5,6)22-13-18(11-12-19)14-9-7-8-10-15(14)20(4)16(18)21/h7-10H,11,13H2,1-6H3/t18-/m1/s1. The first-order valence-electron chi connectivity index (χ1n) is 7.95. The second-order valence-electron chi connectivity index (χ2n) is 7.85. The molecule has 0 saturated carbocycles. The number of nitriles is 1. The van der Waals surface area contributed by atoms with Crippen LogP contribution in [0.2, 0.25) is 18.1 Å². The number of nitrogens with zero attached hydrogens (tertiary/aromatic N) is 2. The number of anilines is 1. The zero-order chi connectivity index (χ0) is 17.5. The Hall–Kier alpha value is -1.64. The number of hydrogen-bond acceptors (Lipinski definition) is 3. The van der Waals surface area contributed by atoms with Crippen molar-refractivity contribution in [3.05, 3.63) is 29.8 Å². The molecule has 1 aromatic rings. The van der Waals surface area contributed by atoms with E-state index in [-0.39, 0.29) is 24.0 Å². The molecule has 0 aromatic heterocycles. The molecule has 0 N–H and O–H groups in total. The molecule has 0 radical (unpaired) electrons. The third kappa shape index (κ3) is 2.82. The monoisotopic (exact) mass is 330 g/mol. The average Bonchev–Trinajstić information content (AvgIpc) is 2.68. The van der Waals surface area contributed by atoms with Gasteiger partial charge >= 0.3 is 0 Å². The van der Waals surface area contributed by atoms with E-state index in [1.165, 1.54) is 0 Å². The fourth-order valence-corrected chi connectivity index (χ4v) is 3.77. The lowest BCUT2D eigenvalue weighted by molar-refractivity contribution is -0.124. The first kappa shape index (κ1) is 17.7. The summed E-state index contributed by atoms with van der Waals surface area (Å²) in [5, 5.41) is 9.41. The molecule has 23 heavy (non-hydrogen) atoms. The van der Waals surface area contributed by atoms with E-state index < -0.39 is 13.7 Å². The van der Waals surface area contributed by atoms with Gasteiger partial charge in [0.1, 0.15) is 5.41 Å². The molecule has 0 aliphatic carbocycles. The zero-order valence-corrected chi connectivity index (χ0v) is 15.9. The molecule has 2 rings (SSSR count). The molecular formula is C18H26N2O2Si. The maximum atomic E-state index is 13.0. The van der Waals surface area contributed by atoms with Gasteiger partial charge in [-0.2, -0.15) is 5.26 Å². The van der Waals surface area contributed by atoms with Gasteiger partial charge in [0.15, 0.2) is 8.32 Å². The van der Waals surface area contributed by atoms with Crippen molar-refractivity contribution in [3.8, 4) is 6.07 Å². The number of carbonyl (C=O) groups is 1. The lowest BCUT2D eigenvalue weighted by atomic mass is 9.80. The minimum absolute atomic E-state index is 0.0426. The predicted octanol–water partition coefficient (Wildman–Crippen LogP) is 3.84. The van der Waals surface area contributed by atoms with Crippen LogP contribution in [0, 0.1) is 11.3 Å². The normalized spacial score (nSPS) is 21.3. The molecular weight excluding hydrogens is 304 g/mol. The molecule has 0 fully saturated rings. The fourth-order valence-electron chi connectivity index (χ4n) is 2.73. The Labute approximate surface area is 140 Å². The summed E-state index contributed by atoms with van der Waals surface area (Å²) in [4.78, 5) is 14.6. The molecule has 4 nitrogen and oxygen atoms in total. The number of benzene rings is 1. The minimum Gasteiger partial charge on any atom is -0.415 e. The highest BCUT2D eigenvalue weighted by molar-refractivity contribution is 6.74. The van der Waals surface area contributed by atoms with Gasteiger partial charge in [0.05, 0.1) is 19.1 Å². The van der Waals surface area contributed by atoms with Crippen LogP contribution in [0.5, 0.6) is 0 Å². The summed E-state index contributed by atoms with van der Waals surface area (Å²) in [7, 11) is -0.231. The molecule has 1 aromatic carbocycles. The van der Waals surface area contributed by atoms with Crippen molar-refractivity contribution in [3.63, 3.8) is 0 Å². The van der Waals surface area contributed by atoms with Crippen LogP contribution < -0.4 is 4.90 Å². The summed E-state index contributed by atoms with van der Waals surface area (Å²) in [6.45, 7) is 11.1. The first-order valence-corrected chi connectivity index (χ1v) is 10.9. The van der Waals surface area contributed by atoms with Gasteiger partial charge in [-0.05, 0) is 29.8 Å². The molecule has 1 aliphatic heterocycles. The maximum absolute atomic E-state index is 13.0. The van der Waals surface area contributed by atoms with Crippen molar-refractivity contribution in [1.82, 2.24) is 0 Å². The van der Waals surface area contributed by atoms with Crippen LogP contribution in [0.1, 0.15) is 32.8 Å². The van der Waals surface area contributed by atoms with Crippen molar-refractivity contribution >= 4 is 19.9 Å². The highest BCUT2D eigenvalue weighted by atomic mass is 28.4. The van der Waals surface area contributed by atoms with Crippen LogP contribution in [0.3, 0.4) is 0 Å². The number of para-hydroxylation sites is 1. The number of likely N-dealkylation sites (N-methyl/N-ethyl adjacent to an activating group) is 1. The molecule has 0 saturated heterocycles. The summed E-state index contributed by atoms with van der Waals surface area (Å²) in [5.41, 5.74) is 0.912. The van der Waals surface area contributed by atoms with Crippen molar-refractivity contribution in [2.24, 2.45) is 0 Å². The van der Waals surface area contributed by atoms with Gasteiger partial charge in [-0.25, -0.2) is 0 Å². The van der Waals surface area contributed by atoms with E-state index in [1.54, 1.807) is 11.9 Å². The summed E-state index contributed by atoms with van der Waals surface area (Å²) >= 11 is 0. The highest BCUT2D eigenvalue weighted by Gasteiger charge is 2.51. The summed E-state index contributed by atoms with van der Waals surface area (Å²) in [5.74, 6) is -0.0426. The summed E-state index contributed by atoms with van der Waals surface area (Å²) in [6, 6.07) is 9.92. The second-order valence-corrected chi connectivity index (χ2v) is 12.7. The van der Waals surface area contributed by atoms with Crippen molar-refractivity contribution < 1.29 is 9.22 Å². The Morgan fingerprint density at radius 1 is 1.30 bits per heavy atom. The molecule has 0 unspecified atom stereocenters. The lowest BCUT2D eigenvalue weighted by Gasteiger charge is -2.39. The van der Waals surface area contributed by atoms with Gasteiger partial charge in [0.25, 0.3) is 0 Å². The van der Waals surface area contributed by atoms with Crippen molar-refractivity contribution in [1.29, 1.82) is 5.26 Å². The van der Waals surface area contributed by atoms with E-state index in [0.29, 0.717) is 0 Å². The van der Waals surface area contributed by atoms with Gasteiger partial charge in [-0.1, -0.05) is 39.0 Å². The van der Waals surface area contributed by atoms with Crippen LogP contribution >= 0.6 is 0 Å². The largest absolute Gasteiger partial charge is 0.415 e. The molecule has 1 aliphatic rings. The summed E-state index contributed by atoms with van der Waals surface area (Å²) < 4.78 is 6.35. The van der Waals surface area contributed by atoms with E-state index in [2.05, 4.69) is 39.9 Å². The number of carbonyl (C=O) groups excluding carboxylic acids is 1. The van der Waals surface area contributed by atoms with Crippen LogP contribution in [-0.4, -0.2) is 27.9 Å². The van der Waals surface area contributed by atoms with E-state index in [1.807, 2.05) is 24.3 Å². The number of hydrogen-bond donors (Lipinski definition) is 0. The maximum Gasteiger partial charge on any atom is 0.240 e. The van der Waals surface area contributed by atoms with Crippen LogP contribution in [-0.2, 0) is 14.6 Å². The Balaban J connectivity index is 2.42. The van der Waals surface area contributed by atoms with E-state index in [4.69, 9.17) is 4.43 Å². The number of fused-ring (bicyclic) bond motifs is 1. The van der Waals surface area contributed by atoms with E-state index in [0.717, 1.165) is 11.3 Å². The van der Waals surface area contributed by atoms with Gasteiger partial charge in [-0.15, -0.1) is 0 Å². The Kier molecular flexibility index (Phi) is 4.44. The van der Waals surface area contributed by atoms with Crippen molar-refractivity contribution in [2.45, 2.75) is 50.7 Å². The third-order valence-electron chi connectivity index (χ3n) is 5.36. The third-order valence-corrected chi connectivity index (χ3v) is 9.84. The predicted molar refractivity (Wildman–Crippen MR) is 94.9 cm³/mol. The molecule has 1 amide bonds. The average molecular weight is 331 g/mol. The van der Waals surface area contributed by atoms with E-state index >= 15 is 0 Å². The van der Waals surface area contributed by atoms with Crippen LogP contribution in [0.4, 0.5) is 5.69 Å². The zero-order valence-electron chi connectivity index (χ0n) is 14.9. The van der Waals surface area contributed by atoms with E-state index in [9.17, 15) is 10.1 Å². The Morgan fingerprint density at radius 3 is 2.48 bits per heavy atom. The fraction of sp³-hybridized carbons (Fsp3) is 0.556. The number of rotatable bonds is 4. The molecule has 5 heteroatoms. The SMILES string of the molecule is CN1C(=O)[C@](CC#N)(CO[Si](C)(C)C(C)(C)C)c2ccccc21. The topological polar surface area (TPSA) is 53.3 Å². The molecule has 1 heterocycles. The first-order chi connectivity index (χ1) is 10.6. The summed E-state index contributed by atoms with van der Waals surface area (Å²) in [6.07, 6.45) is 0.141. The van der Waals surface area contributed by atoms with Gasteiger partial charge in [-0.3, -0.25) is 4.79 Å². The number of amides is 1. The molecule has 124 valence electrons. The molecule has 0 bridgehead atoms. The van der Waals surface area contributed by atoms with Crippen LogP contribution in [0.25, 0.3) is 0 Å².